The first-order valence-electron chi connectivity index (χ1n) is 6.13. The molecular formula is C14H18N4O. The Morgan fingerprint density at radius 3 is 2.63 bits per heavy atom. The predicted octanol–water partition coefficient (Wildman–Crippen LogP) is 1.80. The Labute approximate surface area is 112 Å². The van der Waals surface area contributed by atoms with Gasteiger partial charge >= 0.3 is 0 Å². The van der Waals surface area contributed by atoms with Gasteiger partial charge in [0.2, 0.25) is 5.91 Å². The van der Waals surface area contributed by atoms with Crippen LogP contribution in [0.25, 0.3) is 0 Å². The zero-order valence-electron chi connectivity index (χ0n) is 11.4. The van der Waals surface area contributed by atoms with Gasteiger partial charge in [-0.25, -0.2) is 0 Å². The number of aromatic nitrogens is 2. The van der Waals surface area contributed by atoms with Crippen molar-refractivity contribution in [1.82, 2.24) is 9.78 Å². The zero-order valence-corrected chi connectivity index (χ0v) is 11.4. The Kier molecular flexibility index (Phi) is 3.85. The number of likely N-dealkylation sites (N-methyl/N-ethyl adjacent to an activating group) is 1. The standard InChI is InChI=1S/C14H18N4O/c1-11-9-13(18(3)16-11)15-14(19)10-17(2)12-7-5-4-6-8-12/h4-9H,10H2,1-3H3,(H,15,19). The summed E-state index contributed by atoms with van der Waals surface area (Å²) in [6.07, 6.45) is 0. The van der Waals surface area contributed by atoms with Crippen molar-refractivity contribution in [2.24, 2.45) is 7.05 Å². The van der Waals surface area contributed by atoms with Gasteiger partial charge in [-0.3, -0.25) is 9.48 Å². The van der Waals surface area contributed by atoms with Crippen LogP contribution in [0.15, 0.2) is 36.4 Å². The number of rotatable bonds is 4. The topological polar surface area (TPSA) is 50.2 Å². The second kappa shape index (κ2) is 5.56. The molecule has 1 aromatic heterocycles. The summed E-state index contributed by atoms with van der Waals surface area (Å²) in [5.41, 5.74) is 1.90. The van der Waals surface area contributed by atoms with Gasteiger partial charge in [0.15, 0.2) is 0 Å². The van der Waals surface area contributed by atoms with E-state index in [9.17, 15) is 4.79 Å². The fourth-order valence-corrected chi connectivity index (χ4v) is 1.90. The van der Waals surface area contributed by atoms with E-state index in [1.807, 2.05) is 62.3 Å². The average molecular weight is 258 g/mol. The summed E-state index contributed by atoms with van der Waals surface area (Å²) < 4.78 is 1.66. The molecule has 0 fully saturated rings. The molecule has 100 valence electrons. The van der Waals surface area contributed by atoms with Crippen LogP contribution in [0.5, 0.6) is 0 Å². The van der Waals surface area contributed by atoms with Crippen LogP contribution in [0.1, 0.15) is 5.69 Å². The van der Waals surface area contributed by atoms with Crippen LogP contribution < -0.4 is 10.2 Å². The normalized spacial score (nSPS) is 10.3. The molecule has 0 unspecified atom stereocenters. The van der Waals surface area contributed by atoms with Crippen molar-refractivity contribution in [2.45, 2.75) is 6.92 Å². The van der Waals surface area contributed by atoms with E-state index < -0.39 is 0 Å². The van der Waals surface area contributed by atoms with Crippen molar-refractivity contribution in [3.63, 3.8) is 0 Å². The van der Waals surface area contributed by atoms with E-state index in [4.69, 9.17) is 0 Å². The monoisotopic (exact) mass is 258 g/mol. The molecule has 0 aliphatic rings. The van der Waals surface area contributed by atoms with E-state index in [-0.39, 0.29) is 5.91 Å². The molecule has 0 aliphatic heterocycles. The first-order chi connectivity index (χ1) is 9.06. The summed E-state index contributed by atoms with van der Waals surface area (Å²) in [6.45, 7) is 2.19. The van der Waals surface area contributed by atoms with E-state index in [2.05, 4.69) is 10.4 Å². The lowest BCUT2D eigenvalue weighted by Crippen LogP contribution is -2.30. The third kappa shape index (κ3) is 3.34. The SMILES string of the molecule is Cc1cc(NC(=O)CN(C)c2ccccc2)n(C)n1. The quantitative estimate of drug-likeness (QED) is 0.909. The molecule has 5 heteroatoms. The van der Waals surface area contributed by atoms with Gasteiger partial charge in [-0.05, 0) is 19.1 Å². The van der Waals surface area contributed by atoms with Crippen molar-refractivity contribution < 1.29 is 4.79 Å². The van der Waals surface area contributed by atoms with Crippen LogP contribution in [0.2, 0.25) is 0 Å². The third-order valence-electron chi connectivity index (χ3n) is 2.85. The number of hydrogen-bond donors (Lipinski definition) is 1. The highest BCUT2D eigenvalue weighted by atomic mass is 16.2. The maximum absolute atomic E-state index is 12.0. The number of hydrogen-bond acceptors (Lipinski definition) is 3. The van der Waals surface area contributed by atoms with Gasteiger partial charge in [-0.15, -0.1) is 0 Å². The van der Waals surface area contributed by atoms with Crippen LogP contribution in [0.4, 0.5) is 11.5 Å². The molecule has 0 radical (unpaired) electrons. The van der Waals surface area contributed by atoms with Crippen molar-refractivity contribution in [3.05, 3.63) is 42.1 Å². The van der Waals surface area contributed by atoms with Crippen LogP contribution in [-0.2, 0) is 11.8 Å². The highest BCUT2D eigenvalue weighted by molar-refractivity contribution is 5.93. The molecule has 0 spiro atoms. The van der Waals surface area contributed by atoms with E-state index in [0.717, 1.165) is 11.4 Å². The first-order valence-corrected chi connectivity index (χ1v) is 6.13. The number of nitrogens with zero attached hydrogens (tertiary/aromatic N) is 3. The molecular weight excluding hydrogens is 240 g/mol. The minimum atomic E-state index is -0.0608. The van der Waals surface area contributed by atoms with Crippen LogP contribution in [0, 0.1) is 6.92 Å². The molecule has 0 bridgehead atoms. The summed E-state index contributed by atoms with van der Waals surface area (Å²) in [5, 5.41) is 7.04. The van der Waals surface area contributed by atoms with Gasteiger partial charge in [0.1, 0.15) is 5.82 Å². The van der Waals surface area contributed by atoms with Gasteiger partial charge < -0.3 is 10.2 Å². The zero-order chi connectivity index (χ0) is 13.8. The Balaban J connectivity index is 1.96. The molecule has 1 aromatic carbocycles. The molecule has 1 heterocycles. The number of amides is 1. The highest BCUT2D eigenvalue weighted by Crippen LogP contribution is 2.11. The molecule has 0 atom stereocenters. The van der Waals surface area contributed by atoms with Gasteiger partial charge in [0.05, 0.1) is 12.2 Å². The number of para-hydroxylation sites is 1. The van der Waals surface area contributed by atoms with Crippen LogP contribution in [-0.4, -0.2) is 29.3 Å². The van der Waals surface area contributed by atoms with E-state index >= 15 is 0 Å². The number of carbonyl (C=O) groups is 1. The lowest BCUT2D eigenvalue weighted by Gasteiger charge is -2.18. The van der Waals surface area contributed by atoms with Gasteiger partial charge in [-0.1, -0.05) is 18.2 Å². The maximum atomic E-state index is 12.0. The Bertz CT molecular complexity index is 562. The van der Waals surface area contributed by atoms with Crippen molar-refractivity contribution in [2.75, 3.05) is 23.8 Å². The molecule has 0 aliphatic carbocycles. The molecule has 2 rings (SSSR count). The maximum Gasteiger partial charge on any atom is 0.245 e. The molecule has 0 saturated heterocycles. The predicted molar refractivity (Wildman–Crippen MR) is 76.3 cm³/mol. The molecule has 2 aromatic rings. The summed E-state index contributed by atoms with van der Waals surface area (Å²) in [7, 11) is 3.70. The largest absolute Gasteiger partial charge is 0.365 e. The fraction of sp³-hybridized carbons (Fsp3) is 0.286. The van der Waals surface area contributed by atoms with E-state index in [1.54, 1.807) is 4.68 Å². The second-order valence-corrected chi connectivity index (χ2v) is 4.53. The van der Waals surface area contributed by atoms with Gasteiger partial charge in [0, 0.05) is 25.8 Å². The Hall–Kier alpha value is -2.30. The average Bonchev–Trinajstić information content (AvgIpc) is 2.68. The van der Waals surface area contributed by atoms with Gasteiger partial charge in [0.25, 0.3) is 0 Å². The molecule has 1 amide bonds. The number of anilines is 2. The molecule has 1 N–H and O–H groups in total. The highest BCUT2D eigenvalue weighted by Gasteiger charge is 2.10. The number of benzene rings is 1. The third-order valence-corrected chi connectivity index (χ3v) is 2.85. The van der Waals surface area contributed by atoms with Crippen LogP contribution >= 0.6 is 0 Å². The molecule has 0 saturated carbocycles. The van der Waals surface area contributed by atoms with E-state index in [0.29, 0.717) is 12.4 Å². The Morgan fingerprint density at radius 1 is 1.37 bits per heavy atom. The number of aryl methyl sites for hydroxylation is 2. The smallest absolute Gasteiger partial charge is 0.245 e. The summed E-state index contributed by atoms with van der Waals surface area (Å²) in [4.78, 5) is 13.9. The number of carbonyl (C=O) groups excluding carboxylic acids is 1. The minimum Gasteiger partial charge on any atom is -0.365 e. The number of nitrogens with one attached hydrogen (secondary N) is 1. The first kappa shape index (κ1) is 13.1. The van der Waals surface area contributed by atoms with Crippen LogP contribution in [0.3, 0.4) is 0 Å². The van der Waals surface area contributed by atoms with Gasteiger partial charge in [-0.2, -0.15) is 5.10 Å². The molecule has 19 heavy (non-hydrogen) atoms. The molecule has 5 nitrogen and oxygen atoms in total. The summed E-state index contributed by atoms with van der Waals surface area (Å²) in [5.74, 6) is 0.651. The Morgan fingerprint density at radius 2 is 2.05 bits per heavy atom. The van der Waals surface area contributed by atoms with Crippen molar-refractivity contribution >= 4 is 17.4 Å². The lowest BCUT2D eigenvalue weighted by molar-refractivity contribution is -0.115. The summed E-state index contributed by atoms with van der Waals surface area (Å²) >= 11 is 0. The summed E-state index contributed by atoms with van der Waals surface area (Å²) in [6, 6.07) is 11.7. The lowest BCUT2D eigenvalue weighted by atomic mass is 10.3. The van der Waals surface area contributed by atoms with Crippen molar-refractivity contribution in [1.29, 1.82) is 0 Å². The van der Waals surface area contributed by atoms with E-state index in [1.165, 1.54) is 0 Å². The second-order valence-electron chi connectivity index (χ2n) is 4.53. The minimum absolute atomic E-state index is 0.0608. The van der Waals surface area contributed by atoms with Crippen molar-refractivity contribution in [3.8, 4) is 0 Å². The fourth-order valence-electron chi connectivity index (χ4n) is 1.90.